The van der Waals surface area contributed by atoms with Crippen molar-refractivity contribution in [2.75, 3.05) is 19.8 Å². The summed E-state index contributed by atoms with van der Waals surface area (Å²) >= 11 is 22.6. The van der Waals surface area contributed by atoms with Crippen molar-refractivity contribution in [3.63, 3.8) is 0 Å². The number of hydrogen-bond acceptors (Lipinski definition) is 6. The van der Waals surface area contributed by atoms with Crippen molar-refractivity contribution in [2.24, 2.45) is 0 Å². The van der Waals surface area contributed by atoms with E-state index in [2.05, 4.69) is 15.9 Å². The first-order chi connectivity index (χ1) is 18.3. The fourth-order valence-electron chi connectivity index (χ4n) is 3.51. The van der Waals surface area contributed by atoms with Crippen LogP contribution in [0.1, 0.15) is 18.1 Å². The maximum Gasteiger partial charge on any atom is 0.293 e. The van der Waals surface area contributed by atoms with Gasteiger partial charge in [0.15, 0.2) is 11.5 Å². The Bertz CT molecular complexity index is 1400. The fraction of sp³-hybridized carbons (Fsp3) is 0.185. The third kappa shape index (κ3) is 6.98. The molecule has 198 valence electrons. The van der Waals surface area contributed by atoms with Gasteiger partial charge in [-0.1, -0.05) is 53.0 Å². The van der Waals surface area contributed by atoms with Gasteiger partial charge in [-0.05, 0) is 88.2 Å². The van der Waals surface area contributed by atoms with Crippen LogP contribution in [0.3, 0.4) is 0 Å². The number of imide groups is 1. The Labute approximate surface area is 247 Å². The van der Waals surface area contributed by atoms with Crippen molar-refractivity contribution < 1.29 is 23.8 Å². The minimum absolute atomic E-state index is 0.0998. The Balaban J connectivity index is 1.47. The standard InChI is InChI=1S/C27H21BrCl3NO5S/c1-2-35-23-13-17(11-18(28)25(23)37-15-16-7-8-19(29)21(31)12-16)14-24-26(33)32(27(34)38-24)9-10-36-22-6-4-3-5-20(22)30/h3-8,11-14H,2,9-10,15H2,1H3/b24-14-. The number of benzene rings is 3. The number of thioether (sulfide) groups is 1. The van der Waals surface area contributed by atoms with Crippen molar-refractivity contribution in [1.82, 2.24) is 4.90 Å². The lowest BCUT2D eigenvalue weighted by Crippen LogP contribution is -2.32. The lowest BCUT2D eigenvalue weighted by atomic mass is 10.1. The van der Waals surface area contributed by atoms with Gasteiger partial charge in [0.05, 0.1) is 37.6 Å². The highest BCUT2D eigenvalue weighted by Crippen LogP contribution is 2.40. The molecule has 6 nitrogen and oxygen atoms in total. The van der Waals surface area contributed by atoms with E-state index in [4.69, 9.17) is 49.0 Å². The number of ether oxygens (including phenoxy) is 3. The van der Waals surface area contributed by atoms with Gasteiger partial charge >= 0.3 is 0 Å². The van der Waals surface area contributed by atoms with Gasteiger partial charge in [-0.3, -0.25) is 14.5 Å². The van der Waals surface area contributed by atoms with Gasteiger partial charge in [0.25, 0.3) is 11.1 Å². The predicted octanol–water partition coefficient (Wildman–Crippen LogP) is 8.50. The molecule has 1 aliphatic heterocycles. The van der Waals surface area contributed by atoms with Crippen molar-refractivity contribution >= 4 is 79.7 Å². The minimum Gasteiger partial charge on any atom is -0.490 e. The van der Waals surface area contributed by atoms with Crippen LogP contribution in [-0.2, 0) is 11.4 Å². The van der Waals surface area contributed by atoms with Gasteiger partial charge in [0.1, 0.15) is 19.0 Å². The summed E-state index contributed by atoms with van der Waals surface area (Å²) in [7, 11) is 0. The quantitative estimate of drug-likeness (QED) is 0.204. The zero-order valence-electron chi connectivity index (χ0n) is 20.0. The van der Waals surface area contributed by atoms with Crippen molar-refractivity contribution in [1.29, 1.82) is 0 Å². The summed E-state index contributed by atoms with van der Waals surface area (Å²) in [6, 6.07) is 15.8. The summed E-state index contributed by atoms with van der Waals surface area (Å²) in [5, 5.41) is 1.00. The monoisotopic (exact) mass is 655 g/mol. The number of halogens is 4. The minimum atomic E-state index is -0.392. The lowest BCUT2D eigenvalue weighted by molar-refractivity contribution is -0.123. The second-order valence-electron chi connectivity index (χ2n) is 7.91. The van der Waals surface area contributed by atoms with Gasteiger partial charge in [0.2, 0.25) is 0 Å². The average Bonchev–Trinajstić information content (AvgIpc) is 3.14. The summed E-state index contributed by atoms with van der Waals surface area (Å²) in [6.45, 7) is 2.73. The highest BCUT2D eigenvalue weighted by Gasteiger charge is 2.35. The number of hydrogen-bond donors (Lipinski definition) is 0. The summed E-state index contributed by atoms with van der Waals surface area (Å²) < 4.78 is 18.1. The van der Waals surface area contributed by atoms with Crippen molar-refractivity contribution in [3.8, 4) is 17.2 Å². The second kappa shape index (κ2) is 13.1. The molecule has 3 aromatic carbocycles. The molecule has 0 aliphatic carbocycles. The van der Waals surface area contributed by atoms with Crippen LogP contribution < -0.4 is 14.2 Å². The highest BCUT2D eigenvalue weighted by atomic mass is 79.9. The largest absolute Gasteiger partial charge is 0.490 e. The van der Waals surface area contributed by atoms with Crippen LogP contribution >= 0.6 is 62.5 Å². The van der Waals surface area contributed by atoms with E-state index in [0.717, 1.165) is 22.2 Å². The SMILES string of the molecule is CCOc1cc(/C=C2\SC(=O)N(CCOc3ccccc3Cl)C2=O)cc(Br)c1OCc1ccc(Cl)c(Cl)c1. The predicted molar refractivity (Wildman–Crippen MR) is 156 cm³/mol. The molecule has 0 atom stereocenters. The van der Waals surface area contributed by atoms with E-state index in [9.17, 15) is 9.59 Å². The molecule has 11 heteroatoms. The van der Waals surface area contributed by atoms with Gasteiger partial charge in [-0.25, -0.2) is 0 Å². The molecular weight excluding hydrogens is 637 g/mol. The molecule has 38 heavy (non-hydrogen) atoms. The highest BCUT2D eigenvalue weighted by molar-refractivity contribution is 9.10. The number of rotatable bonds is 10. The third-order valence-electron chi connectivity index (χ3n) is 5.28. The molecule has 0 N–H and O–H groups in total. The van der Waals surface area contributed by atoms with Gasteiger partial charge in [-0.15, -0.1) is 0 Å². The Morgan fingerprint density at radius 3 is 2.45 bits per heavy atom. The zero-order valence-corrected chi connectivity index (χ0v) is 24.7. The van der Waals surface area contributed by atoms with Crippen LogP contribution in [0.2, 0.25) is 15.1 Å². The first-order valence-corrected chi connectivity index (χ1v) is 14.2. The van der Waals surface area contributed by atoms with Crippen LogP contribution in [0.15, 0.2) is 64.0 Å². The Morgan fingerprint density at radius 2 is 1.71 bits per heavy atom. The third-order valence-corrected chi connectivity index (χ3v) is 7.83. The second-order valence-corrected chi connectivity index (χ2v) is 11.0. The molecule has 4 rings (SSSR count). The molecule has 1 heterocycles. The average molecular weight is 658 g/mol. The number of nitrogens with zero attached hydrogens (tertiary/aromatic N) is 1. The number of carbonyl (C=O) groups is 2. The van der Waals surface area contributed by atoms with Crippen LogP contribution in [-0.4, -0.2) is 35.8 Å². The smallest absolute Gasteiger partial charge is 0.293 e. The normalized spacial score (nSPS) is 14.3. The number of carbonyl (C=O) groups excluding carboxylic acids is 2. The molecule has 0 radical (unpaired) electrons. The Hall–Kier alpha value is -2.36. The first kappa shape index (κ1) is 28.6. The van der Waals surface area contributed by atoms with Crippen LogP contribution in [0, 0.1) is 0 Å². The number of amides is 2. The molecule has 0 spiro atoms. The number of para-hydroxylation sites is 1. The first-order valence-electron chi connectivity index (χ1n) is 11.4. The maximum absolute atomic E-state index is 12.9. The van der Waals surface area contributed by atoms with Gasteiger partial charge < -0.3 is 14.2 Å². The van der Waals surface area contributed by atoms with Gasteiger partial charge in [-0.2, -0.15) is 0 Å². The molecule has 0 unspecified atom stereocenters. The molecular formula is C27H21BrCl3NO5S. The maximum atomic E-state index is 12.9. The summed E-state index contributed by atoms with van der Waals surface area (Å²) in [4.78, 5) is 26.9. The molecule has 0 bridgehead atoms. The van der Waals surface area contributed by atoms with Crippen molar-refractivity contribution in [3.05, 3.63) is 90.2 Å². The molecule has 1 saturated heterocycles. The van der Waals surface area contributed by atoms with Crippen LogP contribution in [0.25, 0.3) is 6.08 Å². The molecule has 0 saturated carbocycles. The summed E-state index contributed by atoms with van der Waals surface area (Å²) in [5.74, 6) is 1.09. The van der Waals surface area contributed by atoms with Crippen LogP contribution in [0.5, 0.6) is 17.2 Å². The van der Waals surface area contributed by atoms with Crippen molar-refractivity contribution in [2.45, 2.75) is 13.5 Å². The zero-order chi connectivity index (χ0) is 27.2. The van der Waals surface area contributed by atoms with E-state index in [0.29, 0.717) is 53.9 Å². The summed E-state index contributed by atoms with van der Waals surface area (Å²) in [6.07, 6.45) is 1.65. The molecule has 3 aromatic rings. The van der Waals surface area contributed by atoms with E-state index < -0.39 is 5.91 Å². The van der Waals surface area contributed by atoms with E-state index in [1.165, 1.54) is 0 Å². The van der Waals surface area contributed by atoms with Crippen LogP contribution in [0.4, 0.5) is 4.79 Å². The molecule has 0 aromatic heterocycles. The van der Waals surface area contributed by atoms with E-state index in [1.807, 2.05) is 13.0 Å². The molecule has 1 fully saturated rings. The fourth-order valence-corrected chi connectivity index (χ4v) is 5.46. The van der Waals surface area contributed by atoms with E-state index >= 15 is 0 Å². The van der Waals surface area contributed by atoms with E-state index in [-0.39, 0.29) is 25.0 Å². The molecule has 2 amide bonds. The van der Waals surface area contributed by atoms with E-state index in [1.54, 1.807) is 54.6 Å². The summed E-state index contributed by atoms with van der Waals surface area (Å²) in [5.41, 5.74) is 1.50. The Kier molecular flexibility index (Phi) is 9.90. The molecule has 1 aliphatic rings. The topological polar surface area (TPSA) is 65.1 Å². The Morgan fingerprint density at radius 1 is 0.921 bits per heavy atom. The lowest BCUT2D eigenvalue weighted by Gasteiger charge is -2.15. The van der Waals surface area contributed by atoms with Gasteiger partial charge in [0, 0.05) is 0 Å².